The molecule has 1 saturated heterocycles. The molecule has 12 heavy (non-hydrogen) atoms. The second kappa shape index (κ2) is 3.29. The minimum absolute atomic E-state index is 0.00116. The molecule has 0 spiro atoms. The zero-order valence-electron chi connectivity index (χ0n) is 7.18. The average molecular weight is 175 g/mol. The van der Waals surface area contributed by atoms with Gasteiger partial charge in [-0.05, 0) is 18.8 Å². The van der Waals surface area contributed by atoms with Gasteiger partial charge in [-0.25, -0.2) is 8.78 Å². The second-order valence-corrected chi connectivity index (χ2v) is 3.96. The Kier molecular flexibility index (Phi) is 2.31. The topological polar surface area (TPSA) is 3.24 Å². The molecule has 0 unspecified atom stereocenters. The van der Waals surface area contributed by atoms with Crippen LogP contribution in [0.25, 0.3) is 0 Å². The van der Waals surface area contributed by atoms with Crippen LogP contribution < -0.4 is 0 Å². The van der Waals surface area contributed by atoms with E-state index in [1.165, 1.54) is 19.3 Å². The van der Waals surface area contributed by atoms with Gasteiger partial charge in [0.25, 0.3) is 6.43 Å². The molecule has 0 amide bonds. The number of nitrogens with zero attached hydrogens (tertiary/aromatic N) is 1. The van der Waals surface area contributed by atoms with Crippen molar-refractivity contribution in [3.05, 3.63) is 0 Å². The lowest BCUT2D eigenvalue weighted by atomic mass is 9.77. The van der Waals surface area contributed by atoms with Gasteiger partial charge in [-0.15, -0.1) is 0 Å². The standard InChI is InChI=1S/C9H15F2N/c10-9(11)6-12-5-7-3-1-2-4-8(7)12/h7-9H,1-6H2/t7-,8-/m1/s1. The van der Waals surface area contributed by atoms with E-state index in [2.05, 4.69) is 0 Å². The molecule has 1 aliphatic heterocycles. The first-order valence-corrected chi connectivity index (χ1v) is 4.79. The molecular weight excluding hydrogens is 160 g/mol. The van der Waals surface area contributed by atoms with E-state index in [9.17, 15) is 8.78 Å². The van der Waals surface area contributed by atoms with Crippen LogP contribution >= 0.6 is 0 Å². The lowest BCUT2D eigenvalue weighted by molar-refractivity contribution is -0.0491. The van der Waals surface area contributed by atoms with E-state index in [0.29, 0.717) is 6.04 Å². The molecular formula is C9H15F2N. The highest BCUT2D eigenvalue weighted by Crippen LogP contribution is 2.37. The van der Waals surface area contributed by atoms with Crippen LogP contribution in [0.15, 0.2) is 0 Å². The molecule has 1 heterocycles. The molecule has 0 N–H and O–H groups in total. The summed E-state index contributed by atoms with van der Waals surface area (Å²) in [6, 6.07) is 0.507. The third-order valence-electron chi connectivity index (χ3n) is 3.18. The zero-order valence-corrected chi connectivity index (χ0v) is 7.18. The van der Waals surface area contributed by atoms with E-state index in [0.717, 1.165) is 18.9 Å². The number of fused-ring (bicyclic) bond motifs is 1. The highest BCUT2D eigenvalue weighted by Gasteiger charge is 2.40. The van der Waals surface area contributed by atoms with Gasteiger partial charge in [0.2, 0.25) is 0 Å². The molecule has 1 saturated carbocycles. The predicted molar refractivity (Wildman–Crippen MR) is 43.3 cm³/mol. The summed E-state index contributed by atoms with van der Waals surface area (Å²) < 4.78 is 24.0. The molecule has 2 rings (SSSR count). The van der Waals surface area contributed by atoms with Crippen LogP contribution in [0, 0.1) is 5.92 Å². The first-order valence-electron chi connectivity index (χ1n) is 4.79. The average Bonchev–Trinajstić information content (AvgIpc) is 2.00. The van der Waals surface area contributed by atoms with Crippen LogP contribution in [0.4, 0.5) is 8.78 Å². The first-order chi connectivity index (χ1) is 5.77. The maximum Gasteiger partial charge on any atom is 0.251 e. The van der Waals surface area contributed by atoms with Crippen LogP contribution in [0.2, 0.25) is 0 Å². The highest BCUT2D eigenvalue weighted by atomic mass is 19.3. The van der Waals surface area contributed by atoms with Gasteiger partial charge in [-0.2, -0.15) is 0 Å². The lowest BCUT2D eigenvalue weighted by Gasteiger charge is -2.50. The number of hydrogen-bond donors (Lipinski definition) is 0. The van der Waals surface area contributed by atoms with Crippen molar-refractivity contribution in [3.63, 3.8) is 0 Å². The van der Waals surface area contributed by atoms with Gasteiger partial charge in [-0.3, -0.25) is 4.90 Å². The Morgan fingerprint density at radius 3 is 2.67 bits per heavy atom. The molecule has 0 aromatic rings. The molecule has 0 radical (unpaired) electrons. The number of rotatable bonds is 2. The Bertz CT molecular complexity index is 161. The monoisotopic (exact) mass is 175 g/mol. The Morgan fingerprint density at radius 1 is 1.25 bits per heavy atom. The summed E-state index contributed by atoms with van der Waals surface area (Å²) in [5, 5.41) is 0. The highest BCUT2D eigenvalue weighted by molar-refractivity contribution is 4.94. The van der Waals surface area contributed by atoms with Crippen molar-refractivity contribution in [3.8, 4) is 0 Å². The number of hydrogen-bond acceptors (Lipinski definition) is 1. The van der Waals surface area contributed by atoms with Gasteiger partial charge < -0.3 is 0 Å². The Morgan fingerprint density at radius 2 is 2.00 bits per heavy atom. The molecule has 70 valence electrons. The van der Waals surface area contributed by atoms with E-state index in [1.54, 1.807) is 0 Å². The maximum absolute atomic E-state index is 12.0. The summed E-state index contributed by atoms with van der Waals surface area (Å²) in [6.45, 7) is 0.927. The van der Waals surface area contributed by atoms with Gasteiger partial charge in [-0.1, -0.05) is 12.8 Å². The molecule has 1 aliphatic carbocycles. The number of likely N-dealkylation sites (tertiary alicyclic amines) is 1. The third-order valence-corrected chi connectivity index (χ3v) is 3.18. The normalized spacial score (nSPS) is 36.2. The minimum atomic E-state index is -2.15. The summed E-state index contributed by atoms with van der Waals surface area (Å²) in [4.78, 5) is 1.95. The zero-order chi connectivity index (χ0) is 8.55. The third kappa shape index (κ3) is 1.47. The van der Waals surface area contributed by atoms with Crippen LogP contribution in [-0.2, 0) is 0 Å². The largest absolute Gasteiger partial charge is 0.294 e. The minimum Gasteiger partial charge on any atom is -0.294 e. The Hall–Kier alpha value is -0.180. The van der Waals surface area contributed by atoms with Crippen LogP contribution in [0.1, 0.15) is 25.7 Å². The van der Waals surface area contributed by atoms with Crippen LogP contribution in [0.3, 0.4) is 0 Å². The van der Waals surface area contributed by atoms with E-state index in [-0.39, 0.29) is 6.54 Å². The van der Waals surface area contributed by atoms with Gasteiger partial charge in [0.1, 0.15) is 0 Å². The van der Waals surface area contributed by atoms with Crippen molar-refractivity contribution in [2.24, 2.45) is 5.92 Å². The SMILES string of the molecule is FC(F)CN1C[C@H]2CCCC[C@H]21. The predicted octanol–water partition coefficient (Wildman–Crippen LogP) is 2.13. The molecule has 2 fully saturated rings. The van der Waals surface area contributed by atoms with Crippen molar-refractivity contribution < 1.29 is 8.78 Å². The fourth-order valence-corrected chi connectivity index (χ4v) is 2.57. The van der Waals surface area contributed by atoms with Crippen molar-refractivity contribution in [1.29, 1.82) is 0 Å². The second-order valence-electron chi connectivity index (χ2n) is 3.96. The van der Waals surface area contributed by atoms with Crippen molar-refractivity contribution in [2.75, 3.05) is 13.1 Å². The summed E-state index contributed by atoms with van der Waals surface area (Å²) >= 11 is 0. The van der Waals surface area contributed by atoms with Gasteiger partial charge in [0.15, 0.2) is 0 Å². The number of halogens is 2. The Balaban J connectivity index is 1.81. The Labute approximate surface area is 71.7 Å². The summed E-state index contributed by atoms with van der Waals surface area (Å²) in [6.07, 6.45) is 2.82. The molecule has 2 aliphatic rings. The summed E-state index contributed by atoms with van der Waals surface area (Å²) in [7, 11) is 0. The molecule has 2 atom stereocenters. The van der Waals surface area contributed by atoms with E-state index >= 15 is 0 Å². The molecule has 1 nitrogen and oxygen atoms in total. The first kappa shape index (κ1) is 8.42. The molecule has 0 aromatic heterocycles. The van der Waals surface area contributed by atoms with E-state index < -0.39 is 6.43 Å². The molecule has 0 aromatic carbocycles. The number of alkyl halides is 2. The van der Waals surface area contributed by atoms with Crippen molar-refractivity contribution in [2.45, 2.75) is 38.2 Å². The smallest absolute Gasteiger partial charge is 0.251 e. The summed E-state index contributed by atoms with van der Waals surface area (Å²) in [5.74, 6) is 0.748. The van der Waals surface area contributed by atoms with E-state index in [1.807, 2.05) is 4.90 Å². The lowest BCUT2D eigenvalue weighted by Crippen LogP contribution is -2.58. The van der Waals surface area contributed by atoms with E-state index in [4.69, 9.17) is 0 Å². The van der Waals surface area contributed by atoms with Gasteiger partial charge in [0.05, 0.1) is 6.54 Å². The molecule has 0 bridgehead atoms. The van der Waals surface area contributed by atoms with Gasteiger partial charge in [0, 0.05) is 12.6 Å². The van der Waals surface area contributed by atoms with Crippen molar-refractivity contribution >= 4 is 0 Å². The van der Waals surface area contributed by atoms with Crippen LogP contribution in [0.5, 0.6) is 0 Å². The maximum atomic E-state index is 12.0. The fourth-order valence-electron chi connectivity index (χ4n) is 2.57. The van der Waals surface area contributed by atoms with Crippen LogP contribution in [-0.4, -0.2) is 30.5 Å². The van der Waals surface area contributed by atoms with Gasteiger partial charge >= 0.3 is 0 Å². The fraction of sp³-hybridized carbons (Fsp3) is 1.00. The molecule has 3 heteroatoms. The van der Waals surface area contributed by atoms with Crippen molar-refractivity contribution in [1.82, 2.24) is 4.90 Å². The summed E-state index contributed by atoms with van der Waals surface area (Å²) in [5.41, 5.74) is 0. The quantitative estimate of drug-likeness (QED) is 0.621.